The number of hydrogen-bond donors (Lipinski definition) is 1. The Morgan fingerprint density at radius 3 is 2.57 bits per heavy atom. The van der Waals surface area contributed by atoms with Gasteiger partial charge >= 0.3 is 0 Å². The fraction of sp³-hybridized carbons (Fsp3) is 0.458. The lowest BCUT2D eigenvalue weighted by atomic mass is 9.95. The third-order valence-corrected chi connectivity index (χ3v) is 5.69. The van der Waals surface area contributed by atoms with Gasteiger partial charge in [-0.05, 0) is 56.5 Å². The van der Waals surface area contributed by atoms with Gasteiger partial charge in [-0.3, -0.25) is 4.79 Å². The van der Waals surface area contributed by atoms with E-state index >= 15 is 0 Å². The van der Waals surface area contributed by atoms with E-state index in [1.807, 2.05) is 30.3 Å². The van der Waals surface area contributed by atoms with Crippen LogP contribution in [0.25, 0.3) is 0 Å². The summed E-state index contributed by atoms with van der Waals surface area (Å²) in [7, 11) is 1.76. The minimum atomic E-state index is -0.513. The summed E-state index contributed by atoms with van der Waals surface area (Å²) in [5.74, 6) is -0.323. The van der Waals surface area contributed by atoms with E-state index in [4.69, 9.17) is 4.74 Å². The Balaban J connectivity index is 1.51. The van der Waals surface area contributed by atoms with E-state index in [-0.39, 0.29) is 17.2 Å². The number of halogens is 1. The maximum Gasteiger partial charge on any atom is 0.257 e. The molecule has 1 fully saturated rings. The largest absolute Gasteiger partial charge is 0.490 e. The molecule has 0 aliphatic carbocycles. The molecule has 0 bridgehead atoms. The fourth-order valence-corrected chi connectivity index (χ4v) is 4.02. The summed E-state index contributed by atoms with van der Waals surface area (Å²) in [6, 6.07) is 14.2. The van der Waals surface area contributed by atoms with Crippen molar-refractivity contribution in [1.82, 2.24) is 9.80 Å². The zero-order valence-corrected chi connectivity index (χ0v) is 17.8. The molecule has 0 unspecified atom stereocenters. The number of carbonyl (C=O) groups is 1. The van der Waals surface area contributed by atoms with Gasteiger partial charge in [-0.15, -0.1) is 0 Å². The number of para-hydroxylation sites is 1. The second-order valence-electron chi connectivity index (χ2n) is 7.91. The molecule has 5 nitrogen and oxygen atoms in total. The molecule has 162 valence electrons. The summed E-state index contributed by atoms with van der Waals surface area (Å²) in [5, 5.41) is 10.4. The lowest BCUT2D eigenvalue weighted by Crippen LogP contribution is -2.40. The number of benzene rings is 2. The normalized spacial score (nSPS) is 16.3. The molecule has 0 radical (unpaired) electrons. The molecule has 1 aliphatic rings. The summed E-state index contributed by atoms with van der Waals surface area (Å²) in [4.78, 5) is 16.8. The van der Waals surface area contributed by atoms with E-state index in [1.165, 1.54) is 12.1 Å². The van der Waals surface area contributed by atoms with Gasteiger partial charge in [0.15, 0.2) is 11.6 Å². The zero-order valence-electron chi connectivity index (χ0n) is 17.8. The van der Waals surface area contributed by atoms with Crippen molar-refractivity contribution in [3.05, 3.63) is 65.5 Å². The van der Waals surface area contributed by atoms with Crippen LogP contribution in [0.4, 0.5) is 4.39 Å². The summed E-state index contributed by atoms with van der Waals surface area (Å²) in [6.07, 6.45) is 1.43. The van der Waals surface area contributed by atoms with E-state index in [0.29, 0.717) is 25.6 Å². The number of piperidine rings is 1. The van der Waals surface area contributed by atoms with Crippen molar-refractivity contribution in [1.29, 1.82) is 0 Å². The van der Waals surface area contributed by atoms with Crippen LogP contribution in [-0.4, -0.2) is 60.6 Å². The maximum atomic E-state index is 14.1. The highest BCUT2D eigenvalue weighted by atomic mass is 19.1. The molecular weight excluding hydrogens is 383 g/mol. The monoisotopic (exact) mass is 414 g/mol. The van der Waals surface area contributed by atoms with Crippen molar-refractivity contribution < 1.29 is 19.0 Å². The van der Waals surface area contributed by atoms with Crippen LogP contribution in [0.1, 0.15) is 41.8 Å². The molecule has 30 heavy (non-hydrogen) atoms. The van der Waals surface area contributed by atoms with E-state index in [2.05, 4.69) is 4.90 Å². The Kier molecular flexibility index (Phi) is 7.82. The molecule has 6 heteroatoms. The van der Waals surface area contributed by atoms with Crippen LogP contribution < -0.4 is 4.74 Å². The first-order valence-corrected chi connectivity index (χ1v) is 10.6. The standard InChI is InChI=1S/C24H31FN2O3/c1-3-30-23-20(10-7-11-21(23)25)24(29)26(2)16-18-12-14-27(15-13-18)17-22(28)19-8-5-4-6-9-19/h4-11,18,22,28H,3,12-17H2,1-2H3/t22-/m0/s1. The number of ether oxygens (including phenoxy) is 1. The molecule has 1 aliphatic heterocycles. The van der Waals surface area contributed by atoms with Gasteiger partial charge in [0.1, 0.15) is 0 Å². The molecule has 0 aromatic heterocycles. The van der Waals surface area contributed by atoms with Crippen molar-refractivity contribution in [2.45, 2.75) is 25.9 Å². The summed E-state index contributed by atoms with van der Waals surface area (Å²) in [5.41, 5.74) is 1.20. The maximum absolute atomic E-state index is 14.1. The Bertz CT molecular complexity index is 822. The van der Waals surface area contributed by atoms with Crippen molar-refractivity contribution in [3.63, 3.8) is 0 Å². The van der Waals surface area contributed by atoms with Gasteiger partial charge in [-0.1, -0.05) is 36.4 Å². The molecule has 1 heterocycles. The van der Waals surface area contributed by atoms with Gasteiger partial charge in [0.05, 0.1) is 18.3 Å². The Hall–Kier alpha value is -2.44. The highest BCUT2D eigenvalue weighted by molar-refractivity contribution is 5.96. The van der Waals surface area contributed by atoms with Gasteiger partial charge in [0.2, 0.25) is 0 Å². The van der Waals surface area contributed by atoms with Gasteiger partial charge in [0, 0.05) is 20.1 Å². The van der Waals surface area contributed by atoms with Crippen molar-refractivity contribution in [2.75, 3.05) is 39.8 Å². The number of aliphatic hydroxyl groups excluding tert-OH is 1. The smallest absolute Gasteiger partial charge is 0.257 e. The number of β-amino-alcohol motifs (C(OH)–C–C–N with tert-alkyl or cyclic N) is 1. The summed E-state index contributed by atoms with van der Waals surface area (Å²) in [6.45, 7) is 5.09. The third-order valence-electron chi connectivity index (χ3n) is 5.69. The number of nitrogens with zero attached hydrogens (tertiary/aromatic N) is 2. The zero-order chi connectivity index (χ0) is 21.5. The topological polar surface area (TPSA) is 53.0 Å². The highest BCUT2D eigenvalue weighted by Gasteiger charge is 2.25. The molecule has 0 saturated carbocycles. The fourth-order valence-electron chi connectivity index (χ4n) is 4.02. The first-order chi connectivity index (χ1) is 14.5. The van der Waals surface area contributed by atoms with E-state index in [1.54, 1.807) is 24.9 Å². The molecule has 1 saturated heterocycles. The van der Waals surface area contributed by atoms with Crippen LogP contribution in [0.2, 0.25) is 0 Å². The number of amides is 1. The Labute approximate surface area is 178 Å². The molecule has 1 atom stereocenters. The summed E-state index contributed by atoms with van der Waals surface area (Å²) >= 11 is 0. The second kappa shape index (κ2) is 10.5. The molecule has 2 aromatic rings. The number of carbonyl (C=O) groups excluding carboxylic acids is 1. The van der Waals surface area contributed by atoms with Crippen molar-refractivity contribution >= 4 is 5.91 Å². The first kappa shape index (κ1) is 22.2. The number of hydrogen-bond acceptors (Lipinski definition) is 4. The van der Waals surface area contributed by atoms with E-state index in [9.17, 15) is 14.3 Å². The lowest BCUT2D eigenvalue weighted by Gasteiger charge is -2.35. The molecule has 3 rings (SSSR count). The highest BCUT2D eigenvalue weighted by Crippen LogP contribution is 2.26. The third kappa shape index (κ3) is 5.58. The molecule has 0 spiro atoms. The molecular formula is C24H31FN2O3. The Morgan fingerprint density at radius 2 is 1.90 bits per heavy atom. The van der Waals surface area contributed by atoms with Crippen molar-refractivity contribution in [3.8, 4) is 5.75 Å². The van der Waals surface area contributed by atoms with Crippen molar-refractivity contribution in [2.24, 2.45) is 5.92 Å². The second-order valence-corrected chi connectivity index (χ2v) is 7.91. The van der Waals surface area contributed by atoms with Crippen LogP contribution in [0.5, 0.6) is 5.75 Å². The Morgan fingerprint density at radius 1 is 1.20 bits per heavy atom. The number of likely N-dealkylation sites (tertiary alicyclic amines) is 1. The van der Waals surface area contributed by atoms with E-state index < -0.39 is 11.9 Å². The minimum Gasteiger partial charge on any atom is -0.490 e. The molecule has 1 N–H and O–H groups in total. The average Bonchev–Trinajstić information content (AvgIpc) is 2.76. The van der Waals surface area contributed by atoms with Crippen LogP contribution in [0, 0.1) is 11.7 Å². The predicted molar refractivity (Wildman–Crippen MR) is 115 cm³/mol. The van der Waals surface area contributed by atoms with E-state index in [0.717, 1.165) is 31.5 Å². The quantitative estimate of drug-likeness (QED) is 0.715. The van der Waals surface area contributed by atoms with Gasteiger partial charge in [-0.2, -0.15) is 0 Å². The first-order valence-electron chi connectivity index (χ1n) is 10.6. The van der Waals surface area contributed by atoms with Gasteiger partial charge in [0.25, 0.3) is 5.91 Å². The molecule has 1 amide bonds. The SMILES string of the molecule is CCOc1c(F)cccc1C(=O)N(C)CC1CCN(C[C@H](O)c2ccccc2)CC1. The van der Waals surface area contributed by atoms with Crippen LogP contribution in [-0.2, 0) is 0 Å². The molecule has 2 aromatic carbocycles. The number of aliphatic hydroxyl groups is 1. The average molecular weight is 415 g/mol. The predicted octanol–water partition coefficient (Wildman–Crippen LogP) is 3.74. The van der Waals surface area contributed by atoms with Crippen LogP contribution >= 0.6 is 0 Å². The minimum absolute atomic E-state index is 0.0292. The van der Waals surface area contributed by atoms with Gasteiger partial charge < -0.3 is 19.6 Å². The van der Waals surface area contributed by atoms with Crippen LogP contribution in [0.3, 0.4) is 0 Å². The van der Waals surface area contributed by atoms with Gasteiger partial charge in [-0.25, -0.2) is 4.39 Å². The lowest BCUT2D eigenvalue weighted by molar-refractivity contribution is 0.0678. The number of rotatable bonds is 8. The van der Waals surface area contributed by atoms with Crippen LogP contribution in [0.15, 0.2) is 48.5 Å². The summed E-state index contributed by atoms with van der Waals surface area (Å²) < 4.78 is 19.4.